The molecule has 2 atom stereocenters. The number of nitrogens with one attached hydrogen (secondary N) is 1. The van der Waals surface area contributed by atoms with Crippen molar-refractivity contribution < 1.29 is 4.79 Å². The van der Waals surface area contributed by atoms with Crippen molar-refractivity contribution in [3.63, 3.8) is 0 Å². The molecule has 0 saturated heterocycles. The normalized spacial score (nSPS) is 13.1. The maximum atomic E-state index is 12.2. The molecule has 1 aromatic rings. The van der Waals surface area contributed by atoms with Crippen molar-refractivity contribution in [2.75, 3.05) is 6.54 Å². The van der Waals surface area contributed by atoms with Crippen molar-refractivity contribution in [2.45, 2.75) is 40.2 Å². The summed E-state index contributed by atoms with van der Waals surface area (Å²) in [5.41, 5.74) is 7.95. The second-order valence-electron chi connectivity index (χ2n) is 5.18. The van der Waals surface area contributed by atoms with E-state index in [-0.39, 0.29) is 11.9 Å². The van der Waals surface area contributed by atoms with Gasteiger partial charge in [-0.2, -0.15) is 0 Å². The number of nitrogens with two attached hydrogens (primary N) is 1. The average Bonchev–Trinajstić information content (AvgIpc) is 2.44. The quantitative estimate of drug-likeness (QED) is 0.827. The Morgan fingerprint density at radius 1 is 1.40 bits per heavy atom. The second-order valence-corrected chi connectivity index (χ2v) is 5.18. The standard InChI is InChI=1S/C17H24N2O/c1-5-12(2)14(4)19-17(20)16-9-8-15(7-6-10-18)13(3)11-16/h8-9,11-12,14H,5,10,18H2,1-4H3,(H,19,20). The number of hydrogen-bond donors (Lipinski definition) is 2. The molecule has 3 nitrogen and oxygen atoms in total. The molecular weight excluding hydrogens is 248 g/mol. The SMILES string of the molecule is CCC(C)C(C)NC(=O)c1ccc(C#CCN)c(C)c1. The molecule has 0 aromatic heterocycles. The van der Waals surface area contributed by atoms with Gasteiger partial charge in [-0.15, -0.1) is 0 Å². The van der Waals surface area contributed by atoms with E-state index in [9.17, 15) is 4.79 Å². The zero-order valence-electron chi connectivity index (χ0n) is 12.8. The molecule has 1 amide bonds. The molecule has 0 bridgehead atoms. The van der Waals surface area contributed by atoms with Crippen molar-refractivity contribution in [1.29, 1.82) is 0 Å². The molecule has 1 rings (SSSR count). The minimum absolute atomic E-state index is 0.0285. The Labute approximate surface area is 121 Å². The van der Waals surface area contributed by atoms with Gasteiger partial charge in [0.15, 0.2) is 0 Å². The molecule has 0 heterocycles. The largest absolute Gasteiger partial charge is 0.349 e. The summed E-state index contributed by atoms with van der Waals surface area (Å²) in [5.74, 6) is 6.27. The maximum absolute atomic E-state index is 12.2. The number of aryl methyl sites for hydroxylation is 1. The van der Waals surface area contributed by atoms with Crippen LogP contribution in [-0.2, 0) is 0 Å². The highest BCUT2D eigenvalue weighted by atomic mass is 16.1. The number of carbonyl (C=O) groups is 1. The van der Waals surface area contributed by atoms with Crippen LogP contribution in [0.25, 0.3) is 0 Å². The van der Waals surface area contributed by atoms with Gasteiger partial charge < -0.3 is 11.1 Å². The predicted octanol–water partition coefficient (Wildman–Crippen LogP) is 2.47. The fraction of sp³-hybridized carbons (Fsp3) is 0.471. The van der Waals surface area contributed by atoms with E-state index in [1.165, 1.54) is 0 Å². The molecule has 0 radical (unpaired) electrons. The summed E-state index contributed by atoms with van der Waals surface area (Å²) in [4.78, 5) is 12.2. The highest BCUT2D eigenvalue weighted by molar-refractivity contribution is 5.94. The van der Waals surface area contributed by atoms with E-state index in [4.69, 9.17) is 5.73 Å². The molecule has 0 fully saturated rings. The van der Waals surface area contributed by atoms with Gasteiger partial charge in [0.2, 0.25) is 0 Å². The third kappa shape index (κ3) is 4.40. The van der Waals surface area contributed by atoms with Crippen LogP contribution in [0.15, 0.2) is 18.2 Å². The second kappa shape index (κ2) is 7.72. The van der Waals surface area contributed by atoms with E-state index < -0.39 is 0 Å². The molecule has 0 spiro atoms. The van der Waals surface area contributed by atoms with E-state index in [1.807, 2.05) is 32.0 Å². The van der Waals surface area contributed by atoms with Crippen LogP contribution < -0.4 is 11.1 Å². The predicted molar refractivity (Wildman–Crippen MR) is 83.5 cm³/mol. The molecule has 0 aliphatic carbocycles. The molecule has 0 saturated carbocycles. The summed E-state index contributed by atoms with van der Waals surface area (Å²) in [7, 11) is 0. The first-order valence-corrected chi connectivity index (χ1v) is 7.10. The van der Waals surface area contributed by atoms with E-state index in [0.717, 1.165) is 17.5 Å². The lowest BCUT2D eigenvalue weighted by molar-refractivity contribution is 0.0928. The van der Waals surface area contributed by atoms with Crippen molar-refractivity contribution in [2.24, 2.45) is 11.7 Å². The molecular formula is C17H24N2O. The Bertz CT molecular complexity index is 526. The third-order valence-corrected chi connectivity index (χ3v) is 3.67. The fourth-order valence-electron chi connectivity index (χ4n) is 1.88. The van der Waals surface area contributed by atoms with Crippen LogP contribution in [0.1, 0.15) is 48.7 Å². The van der Waals surface area contributed by atoms with E-state index in [1.54, 1.807) is 0 Å². The van der Waals surface area contributed by atoms with E-state index in [0.29, 0.717) is 18.0 Å². The summed E-state index contributed by atoms with van der Waals surface area (Å²) in [6.07, 6.45) is 1.05. The summed E-state index contributed by atoms with van der Waals surface area (Å²) >= 11 is 0. The van der Waals surface area contributed by atoms with Gasteiger partial charge in [-0.3, -0.25) is 4.79 Å². The van der Waals surface area contributed by atoms with E-state index >= 15 is 0 Å². The maximum Gasteiger partial charge on any atom is 0.251 e. The minimum atomic E-state index is -0.0285. The lowest BCUT2D eigenvalue weighted by Crippen LogP contribution is -2.36. The highest BCUT2D eigenvalue weighted by Crippen LogP contribution is 2.12. The molecule has 3 N–H and O–H groups in total. The Morgan fingerprint density at radius 3 is 2.65 bits per heavy atom. The lowest BCUT2D eigenvalue weighted by Gasteiger charge is -2.20. The number of benzene rings is 1. The fourth-order valence-corrected chi connectivity index (χ4v) is 1.88. The average molecular weight is 272 g/mol. The lowest BCUT2D eigenvalue weighted by atomic mass is 10.00. The van der Waals surface area contributed by atoms with Gasteiger partial charge in [0, 0.05) is 17.2 Å². The summed E-state index contributed by atoms with van der Waals surface area (Å²) in [5, 5.41) is 3.04. The Morgan fingerprint density at radius 2 is 2.10 bits per heavy atom. The van der Waals surface area contributed by atoms with Gasteiger partial charge in [0.1, 0.15) is 0 Å². The first kappa shape index (κ1) is 16.3. The zero-order chi connectivity index (χ0) is 15.1. The number of amides is 1. The van der Waals surface area contributed by atoms with Gasteiger partial charge >= 0.3 is 0 Å². The van der Waals surface area contributed by atoms with Gasteiger partial charge in [-0.25, -0.2) is 0 Å². The van der Waals surface area contributed by atoms with Gasteiger partial charge in [-0.05, 0) is 43.5 Å². The van der Waals surface area contributed by atoms with Crippen LogP contribution in [-0.4, -0.2) is 18.5 Å². The molecule has 20 heavy (non-hydrogen) atoms. The van der Waals surface area contributed by atoms with Crippen molar-refractivity contribution in [1.82, 2.24) is 5.32 Å². The molecule has 3 heteroatoms. The molecule has 2 unspecified atom stereocenters. The van der Waals surface area contributed by atoms with Crippen LogP contribution in [0.2, 0.25) is 0 Å². The molecule has 0 aliphatic rings. The van der Waals surface area contributed by atoms with Gasteiger partial charge in [0.25, 0.3) is 5.91 Å². The van der Waals surface area contributed by atoms with Crippen LogP contribution in [0.3, 0.4) is 0 Å². The van der Waals surface area contributed by atoms with Crippen molar-refractivity contribution in [3.05, 3.63) is 34.9 Å². The Kier molecular flexibility index (Phi) is 6.27. The van der Waals surface area contributed by atoms with Gasteiger partial charge in [-0.1, -0.05) is 32.1 Å². The van der Waals surface area contributed by atoms with Crippen molar-refractivity contribution >= 4 is 5.91 Å². The van der Waals surface area contributed by atoms with E-state index in [2.05, 4.69) is 31.0 Å². The van der Waals surface area contributed by atoms with Crippen LogP contribution in [0.4, 0.5) is 0 Å². The molecule has 0 aliphatic heterocycles. The van der Waals surface area contributed by atoms with Crippen LogP contribution >= 0.6 is 0 Å². The Balaban J connectivity index is 2.82. The Hall–Kier alpha value is -1.79. The topological polar surface area (TPSA) is 55.1 Å². The monoisotopic (exact) mass is 272 g/mol. The summed E-state index contributed by atoms with van der Waals surface area (Å²) < 4.78 is 0. The van der Waals surface area contributed by atoms with Crippen LogP contribution in [0.5, 0.6) is 0 Å². The summed E-state index contributed by atoms with van der Waals surface area (Å²) in [6, 6.07) is 5.73. The van der Waals surface area contributed by atoms with Crippen LogP contribution in [0, 0.1) is 24.7 Å². The molecule has 1 aromatic carbocycles. The smallest absolute Gasteiger partial charge is 0.251 e. The number of rotatable bonds is 4. The highest BCUT2D eigenvalue weighted by Gasteiger charge is 2.14. The zero-order valence-corrected chi connectivity index (χ0v) is 12.8. The number of carbonyl (C=O) groups excluding carboxylic acids is 1. The van der Waals surface area contributed by atoms with Gasteiger partial charge in [0.05, 0.1) is 6.54 Å². The van der Waals surface area contributed by atoms with Crippen molar-refractivity contribution in [3.8, 4) is 11.8 Å². The first-order valence-electron chi connectivity index (χ1n) is 7.10. The molecule has 108 valence electrons. The first-order chi connectivity index (χ1) is 9.49. The summed E-state index contributed by atoms with van der Waals surface area (Å²) in [6.45, 7) is 8.60. The third-order valence-electron chi connectivity index (χ3n) is 3.67. The minimum Gasteiger partial charge on any atom is -0.349 e. The number of hydrogen-bond acceptors (Lipinski definition) is 2.